The molecule has 0 N–H and O–H groups in total. The first-order valence-electron chi connectivity index (χ1n) is 11.0. The lowest BCUT2D eigenvalue weighted by Crippen LogP contribution is -2.20. The lowest BCUT2D eigenvalue weighted by Gasteiger charge is -2.37. The quantitative estimate of drug-likeness (QED) is 0.276. The maximum absolute atomic E-state index is 6.37. The Morgan fingerprint density at radius 3 is 1.73 bits per heavy atom. The van der Waals surface area contributed by atoms with E-state index in [-0.39, 0.29) is 0 Å². The van der Waals surface area contributed by atoms with Gasteiger partial charge in [0, 0.05) is 0 Å². The molecule has 0 aliphatic carbocycles. The van der Waals surface area contributed by atoms with E-state index in [0.29, 0.717) is 0 Å². The predicted octanol–water partition coefficient (Wildman–Crippen LogP) is 8.70. The number of ether oxygens (including phenoxy) is 2. The van der Waals surface area contributed by atoms with Crippen LogP contribution in [0.2, 0.25) is 0 Å². The number of anilines is 3. The van der Waals surface area contributed by atoms with Gasteiger partial charge in [-0.05, 0) is 58.7 Å². The van der Waals surface area contributed by atoms with Gasteiger partial charge in [-0.1, -0.05) is 78.9 Å². The Balaban J connectivity index is 1.32. The fourth-order valence-corrected chi connectivity index (χ4v) is 4.67. The van der Waals surface area contributed by atoms with E-state index in [4.69, 9.17) is 9.47 Å². The van der Waals surface area contributed by atoms with Crippen molar-refractivity contribution in [3.63, 3.8) is 0 Å². The molecule has 2 aliphatic heterocycles. The lowest BCUT2D eigenvalue weighted by molar-refractivity contribution is 0.446. The van der Waals surface area contributed by atoms with E-state index in [1.165, 1.54) is 11.1 Å². The van der Waals surface area contributed by atoms with E-state index in [0.717, 1.165) is 51.2 Å². The summed E-state index contributed by atoms with van der Waals surface area (Å²) in [6, 6.07) is 39.6. The number of hydrogen-bond acceptors (Lipinski definition) is 3. The highest BCUT2D eigenvalue weighted by molar-refractivity contribution is 5.94. The van der Waals surface area contributed by atoms with Crippen LogP contribution in [0.5, 0.6) is 23.0 Å². The standard InChI is InChI=1S/C30H19NO2/c1-2-7-20(8-3-1)21-13-15-22(16-14-21)23-17-18-25-29(19-23)33-28-12-6-11-27-30(28)31(25)24-9-4-5-10-26(24)32-27/h1-19H. The second-order valence-electron chi connectivity index (χ2n) is 8.24. The molecule has 0 saturated carbocycles. The van der Waals surface area contributed by atoms with Crippen molar-refractivity contribution in [2.45, 2.75) is 0 Å². The normalized spacial score (nSPS) is 12.7. The molecule has 5 aromatic carbocycles. The summed E-state index contributed by atoms with van der Waals surface area (Å²) in [6.07, 6.45) is 0. The summed E-state index contributed by atoms with van der Waals surface area (Å²) in [7, 11) is 0. The molecule has 2 aliphatic rings. The van der Waals surface area contributed by atoms with Gasteiger partial charge in [0.1, 0.15) is 5.69 Å². The molecule has 7 rings (SSSR count). The molecular weight excluding hydrogens is 406 g/mol. The van der Waals surface area contributed by atoms with E-state index < -0.39 is 0 Å². The summed E-state index contributed by atoms with van der Waals surface area (Å²) < 4.78 is 12.5. The lowest BCUT2D eigenvalue weighted by atomic mass is 9.99. The van der Waals surface area contributed by atoms with Crippen LogP contribution in [0.1, 0.15) is 0 Å². The zero-order chi connectivity index (χ0) is 21.8. The number of fused-ring (bicyclic) bond motifs is 4. The molecule has 3 heteroatoms. The molecule has 0 unspecified atom stereocenters. The topological polar surface area (TPSA) is 21.7 Å². The number of benzene rings is 5. The third kappa shape index (κ3) is 2.83. The number of rotatable bonds is 2. The van der Waals surface area contributed by atoms with Crippen molar-refractivity contribution < 1.29 is 9.47 Å². The minimum atomic E-state index is 0.797. The van der Waals surface area contributed by atoms with Crippen LogP contribution in [-0.4, -0.2) is 0 Å². The Morgan fingerprint density at radius 2 is 0.939 bits per heavy atom. The van der Waals surface area contributed by atoms with Crippen LogP contribution in [0.15, 0.2) is 115 Å². The van der Waals surface area contributed by atoms with Gasteiger partial charge < -0.3 is 9.47 Å². The van der Waals surface area contributed by atoms with Crippen LogP contribution < -0.4 is 14.4 Å². The summed E-state index contributed by atoms with van der Waals surface area (Å²) in [5.41, 5.74) is 7.68. The Morgan fingerprint density at radius 1 is 0.394 bits per heavy atom. The number of hydrogen-bond donors (Lipinski definition) is 0. The summed E-state index contributed by atoms with van der Waals surface area (Å²) in [5.74, 6) is 3.28. The SMILES string of the molecule is c1ccc(-c2ccc(-c3ccc4c(c3)Oc3cccc5c3N4c3ccccc3O5)cc2)cc1. The van der Waals surface area contributed by atoms with Crippen molar-refractivity contribution in [3.05, 3.63) is 115 Å². The van der Waals surface area contributed by atoms with Gasteiger partial charge >= 0.3 is 0 Å². The first-order chi connectivity index (χ1) is 16.3. The molecular formula is C30H19NO2. The summed E-state index contributed by atoms with van der Waals surface area (Å²) in [4.78, 5) is 2.24. The summed E-state index contributed by atoms with van der Waals surface area (Å²) >= 11 is 0. The Hall–Kier alpha value is -4.50. The highest BCUT2D eigenvalue weighted by Crippen LogP contribution is 2.59. The predicted molar refractivity (Wildman–Crippen MR) is 132 cm³/mol. The maximum atomic E-state index is 6.37. The van der Waals surface area contributed by atoms with Gasteiger partial charge in [0.2, 0.25) is 0 Å². The zero-order valence-electron chi connectivity index (χ0n) is 17.7. The van der Waals surface area contributed by atoms with Crippen LogP contribution in [-0.2, 0) is 0 Å². The van der Waals surface area contributed by atoms with E-state index in [1.54, 1.807) is 0 Å². The molecule has 0 fully saturated rings. The highest BCUT2D eigenvalue weighted by atomic mass is 16.5. The third-order valence-electron chi connectivity index (χ3n) is 6.26. The van der Waals surface area contributed by atoms with Crippen molar-refractivity contribution in [1.82, 2.24) is 0 Å². The van der Waals surface area contributed by atoms with Crippen molar-refractivity contribution in [2.24, 2.45) is 0 Å². The smallest absolute Gasteiger partial charge is 0.155 e. The molecule has 0 atom stereocenters. The Labute approximate surface area is 192 Å². The fraction of sp³-hybridized carbons (Fsp3) is 0. The van der Waals surface area contributed by atoms with Crippen LogP contribution in [0.3, 0.4) is 0 Å². The van der Waals surface area contributed by atoms with Gasteiger partial charge in [0.25, 0.3) is 0 Å². The molecule has 156 valence electrons. The summed E-state index contributed by atoms with van der Waals surface area (Å²) in [6.45, 7) is 0. The largest absolute Gasteiger partial charge is 0.453 e. The number of para-hydroxylation sites is 3. The zero-order valence-corrected chi connectivity index (χ0v) is 17.7. The van der Waals surface area contributed by atoms with Crippen LogP contribution in [0.25, 0.3) is 22.3 Å². The van der Waals surface area contributed by atoms with Gasteiger partial charge in [-0.15, -0.1) is 0 Å². The third-order valence-corrected chi connectivity index (χ3v) is 6.26. The Bertz CT molecular complexity index is 1510. The van der Waals surface area contributed by atoms with Crippen molar-refractivity contribution >= 4 is 17.1 Å². The highest BCUT2D eigenvalue weighted by Gasteiger charge is 2.34. The van der Waals surface area contributed by atoms with Crippen molar-refractivity contribution in [1.29, 1.82) is 0 Å². The van der Waals surface area contributed by atoms with E-state index in [9.17, 15) is 0 Å². The van der Waals surface area contributed by atoms with E-state index in [1.807, 2.05) is 42.5 Å². The van der Waals surface area contributed by atoms with Gasteiger partial charge in [-0.3, -0.25) is 4.90 Å². The second kappa shape index (κ2) is 7.01. The molecule has 0 bridgehead atoms. The minimum absolute atomic E-state index is 0.797. The second-order valence-corrected chi connectivity index (χ2v) is 8.24. The first-order valence-corrected chi connectivity index (χ1v) is 11.0. The molecule has 5 aromatic rings. The minimum Gasteiger partial charge on any atom is -0.453 e. The average molecular weight is 425 g/mol. The molecule has 0 aromatic heterocycles. The molecule has 2 heterocycles. The van der Waals surface area contributed by atoms with Gasteiger partial charge in [-0.2, -0.15) is 0 Å². The maximum Gasteiger partial charge on any atom is 0.155 e. The van der Waals surface area contributed by atoms with Crippen LogP contribution in [0.4, 0.5) is 17.1 Å². The van der Waals surface area contributed by atoms with Gasteiger partial charge in [-0.25, -0.2) is 0 Å². The van der Waals surface area contributed by atoms with E-state index >= 15 is 0 Å². The molecule has 0 radical (unpaired) electrons. The van der Waals surface area contributed by atoms with Crippen molar-refractivity contribution in [2.75, 3.05) is 4.90 Å². The molecule has 0 saturated heterocycles. The van der Waals surface area contributed by atoms with Crippen molar-refractivity contribution in [3.8, 4) is 45.3 Å². The first kappa shape index (κ1) is 18.1. The van der Waals surface area contributed by atoms with Gasteiger partial charge in [0.15, 0.2) is 23.0 Å². The molecule has 0 spiro atoms. The van der Waals surface area contributed by atoms with Gasteiger partial charge in [0.05, 0.1) is 11.4 Å². The number of nitrogens with zero attached hydrogens (tertiary/aromatic N) is 1. The van der Waals surface area contributed by atoms with E-state index in [2.05, 4.69) is 77.7 Å². The van der Waals surface area contributed by atoms with Crippen LogP contribution >= 0.6 is 0 Å². The monoisotopic (exact) mass is 425 g/mol. The fourth-order valence-electron chi connectivity index (χ4n) is 4.67. The Kier molecular flexibility index (Phi) is 3.84. The molecule has 3 nitrogen and oxygen atoms in total. The molecule has 0 amide bonds. The summed E-state index contributed by atoms with van der Waals surface area (Å²) in [5, 5.41) is 0. The average Bonchev–Trinajstić information content (AvgIpc) is 2.89. The molecule has 33 heavy (non-hydrogen) atoms. The van der Waals surface area contributed by atoms with Crippen LogP contribution in [0, 0.1) is 0 Å².